The predicted octanol–water partition coefficient (Wildman–Crippen LogP) is 3.63. The van der Waals surface area contributed by atoms with E-state index in [1.165, 1.54) is 19.3 Å². The Balaban J connectivity index is 2.07. The van der Waals surface area contributed by atoms with Gasteiger partial charge in [0.15, 0.2) is 0 Å². The predicted molar refractivity (Wildman–Crippen MR) is 80.1 cm³/mol. The topological polar surface area (TPSA) is 30.5 Å². The Morgan fingerprint density at radius 3 is 2.47 bits per heavy atom. The van der Waals surface area contributed by atoms with Crippen LogP contribution in [0.4, 0.5) is 0 Å². The third-order valence-corrected chi connectivity index (χ3v) is 2.81. The summed E-state index contributed by atoms with van der Waals surface area (Å²) in [7, 11) is 0. The molecular weight excluding hydrogens is 238 g/mol. The van der Waals surface area contributed by atoms with Crippen molar-refractivity contribution in [2.75, 3.05) is 26.3 Å². The van der Waals surface area contributed by atoms with Crippen molar-refractivity contribution in [1.82, 2.24) is 5.32 Å². The molecule has 0 aromatic heterocycles. The molecule has 108 valence electrons. The summed E-state index contributed by atoms with van der Waals surface area (Å²) in [5.41, 5.74) is 0. The minimum Gasteiger partial charge on any atom is -0.494 e. The molecule has 1 aromatic rings. The lowest BCUT2D eigenvalue weighted by Crippen LogP contribution is -2.15. The van der Waals surface area contributed by atoms with Crippen LogP contribution in [0.5, 0.6) is 11.5 Å². The smallest absolute Gasteiger partial charge is 0.122 e. The van der Waals surface area contributed by atoms with Gasteiger partial charge in [0.2, 0.25) is 0 Å². The first kappa shape index (κ1) is 15.8. The van der Waals surface area contributed by atoms with E-state index in [4.69, 9.17) is 9.47 Å². The van der Waals surface area contributed by atoms with Crippen LogP contribution in [-0.2, 0) is 0 Å². The zero-order chi connectivity index (χ0) is 13.8. The molecule has 1 N–H and O–H groups in total. The SMILES string of the molecule is CCCNCCCCCOc1cccc(OCC)c1. The fourth-order valence-corrected chi connectivity index (χ4v) is 1.84. The van der Waals surface area contributed by atoms with Gasteiger partial charge in [0.05, 0.1) is 13.2 Å². The molecule has 0 unspecified atom stereocenters. The molecule has 0 fully saturated rings. The second-order valence-electron chi connectivity index (χ2n) is 4.57. The fourth-order valence-electron chi connectivity index (χ4n) is 1.84. The van der Waals surface area contributed by atoms with Crippen LogP contribution in [0.1, 0.15) is 39.5 Å². The number of rotatable bonds is 11. The highest BCUT2D eigenvalue weighted by atomic mass is 16.5. The highest BCUT2D eigenvalue weighted by molar-refractivity contribution is 5.32. The van der Waals surface area contributed by atoms with Gasteiger partial charge >= 0.3 is 0 Å². The largest absolute Gasteiger partial charge is 0.494 e. The number of benzene rings is 1. The Morgan fingerprint density at radius 1 is 0.947 bits per heavy atom. The molecular formula is C16H27NO2. The maximum Gasteiger partial charge on any atom is 0.122 e. The molecule has 1 aromatic carbocycles. The molecule has 0 radical (unpaired) electrons. The fraction of sp³-hybridized carbons (Fsp3) is 0.625. The first-order valence-electron chi connectivity index (χ1n) is 7.43. The van der Waals surface area contributed by atoms with Gasteiger partial charge in [0, 0.05) is 6.07 Å². The zero-order valence-electron chi connectivity index (χ0n) is 12.3. The van der Waals surface area contributed by atoms with Gasteiger partial charge in [-0.1, -0.05) is 13.0 Å². The van der Waals surface area contributed by atoms with E-state index in [9.17, 15) is 0 Å². The summed E-state index contributed by atoms with van der Waals surface area (Å²) in [4.78, 5) is 0. The van der Waals surface area contributed by atoms with Crippen LogP contribution in [0.2, 0.25) is 0 Å². The maximum atomic E-state index is 5.72. The van der Waals surface area contributed by atoms with E-state index in [-0.39, 0.29) is 0 Å². The number of hydrogen-bond donors (Lipinski definition) is 1. The van der Waals surface area contributed by atoms with E-state index in [0.29, 0.717) is 6.61 Å². The van der Waals surface area contributed by atoms with Crippen molar-refractivity contribution in [3.05, 3.63) is 24.3 Å². The minimum absolute atomic E-state index is 0.689. The molecule has 0 aliphatic heterocycles. The highest BCUT2D eigenvalue weighted by Gasteiger charge is 1.97. The second-order valence-corrected chi connectivity index (χ2v) is 4.57. The molecule has 3 nitrogen and oxygen atoms in total. The van der Waals surface area contributed by atoms with Gasteiger partial charge in [0.25, 0.3) is 0 Å². The van der Waals surface area contributed by atoms with Crippen molar-refractivity contribution < 1.29 is 9.47 Å². The molecule has 0 spiro atoms. The molecule has 1 rings (SSSR count). The molecule has 3 heteroatoms. The number of ether oxygens (including phenoxy) is 2. The molecule has 0 bridgehead atoms. The Kier molecular flexibility index (Phi) is 8.90. The maximum absolute atomic E-state index is 5.72. The monoisotopic (exact) mass is 265 g/mol. The highest BCUT2D eigenvalue weighted by Crippen LogP contribution is 2.19. The minimum atomic E-state index is 0.689. The van der Waals surface area contributed by atoms with Crippen LogP contribution in [0, 0.1) is 0 Å². The van der Waals surface area contributed by atoms with Gasteiger partial charge in [-0.15, -0.1) is 0 Å². The van der Waals surface area contributed by atoms with Gasteiger partial charge in [-0.2, -0.15) is 0 Å². The summed E-state index contributed by atoms with van der Waals surface area (Å²) in [6.07, 6.45) is 4.75. The Hall–Kier alpha value is -1.22. The van der Waals surface area contributed by atoms with Crippen molar-refractivity contribution in [3.63, 3.8) is 0 Å². The molecule has 0 saturated heterocycles. The summed E-state index contributed by atoms with van der Waals surface area (Å²) in [5.74, 6) is 1.78. The summed E-state index contributed by atoms with van der Waals surface area (Å²) in [6.45, 7) is 7.89. The summed E-state index contributed by atoms with van der Waals surface area (Å²) in [6, 6.07) is 7.85. The molecule has 0 aliphatic carbocycles. The normalized spacial score (nSPS) is 10.4. The molecule has 0 saturated carbocycles. The van der Waals surface area contributed by atoms with Crippen molar-refractivity contribution in [3.8, 4) is 11.5 Å². The molecule has 0 aliphatic rings. The third-order valence-electron chi connectivity index (χ3n) is 2.81. The van der Waals surface area contributed by atoms with Crippen LogP contribution in [0.25, 0.3) is 0 Å². The second kappa shape index (κ2) is 10.7. The van der Waals surface area contributed by atoms with Crippen LogP contribution < -0.4 is 14.8 Å². The average molecular weight is 265 g/mol. The number of unbranched alkanes of at least 4 members (excludes halogenated alkanes) is 2. The Morgan fingerprint density at radius 2 is 1.74 bits per heavy atom. The Labute approximate surface area is 117 Å². The van der Waals surface area contributed by atoms with Crippen LogP contribution in [0.15, 0.2) is 24.3 Å². The lowest BCUT2D eigenvalue weighted by molar-refractivity contribution is 0.299. The summed E-state index contributed by atoms with van der Waals surface area (Å²) >= 11 is 0. The lowest BCUT2D eigenvalue weighted by atomic mass is 10.2. The average Bonchev–Trinajstić information content (AvgIpc) is 2.43. The Bertz CT molecular complexity index is 328. The van der Waals surface area contributed by atoms with Gasteiger partial charge < -0.3 is 14.8 Å². The molecule has 19 heavy (non-hydrogen) atoms. The van der Waals surface area contributed by atoms with Crippen LogP contribution >= 0.6 is 0 Å². The van der Waals surface area contributed by atoms with Gasteiger partial charge in [0.1, 0.15) is 11.5 Å². The van der Waals surface area contributed by atoms with Crippen LogP contribution in [0.3, 0.4) is 0 Å². The first-order valence-corrected chi connectivity index (χ1v) is 7.43. The quantitative estimate of drug-likeness (QED) is 0.620. The molecule has 0 heterocycles. The van der Waals surface area contributed by atoms with Crippen LogP contribution in [-0.4, -0.2) is 26.3 Å². The van der Waals surface area contributed by atoms with Crippen molar-refractivity contribution in [2.45, 2.75) is 39.5 Å². The van der Waals surface area contributed by atoms with Gasteiger partial charge in [-0.25, -0.2) is 0 Å². The van der Waals surface area contributed by atoms with E-state index >= 15 is 0 Å². The molecule has 0 amide bonds. The third kappa shape index (κ3) is 7.73. The van der Waals surface area contributed by atoms with Gasteiger partial charge in [-0.05, 0) is 57.8 Å². The van der Waals surface area contributed by atoms with E-state index in [1.807, 2.05) is 31.2 Å². The number of nitrogens with one attached hydrogen (secondary N) is 1. The van der Waals surface area contributed by atoms with Crippen molar-refractivity contribution in [1.29, 1.82) is 0 Å². The van der Waals surface area contributed by atoms with E-state index in [0.717, 1.165) is 37.6 Å². The molecule has 0 atom stereocenters. The zero-order valence-corrected chi connectivity index (χ0v) is 12.3. The van der Waals surface area contributed by atoms with Gasteiger partial charge in [-0.3, -0.25) is 0 Å². The van der Waals surface area contributed by atoms with E-state index in [2.05, 4.69) is 12.2 Å². The first-order chi connectivity index (χ1) is 9.36. The van der Waals surface area contributed by atoms with Crippen molar-refractivity contribution >= 4 is 0 Å². The van der Waals surface area contributed by atoms with E-state index < -0.39 is 0 Å². The summed E-state index contributed by atoms with van der Waals surface area (Å²) in [5, 5.41) is 3.41. The lowest BCUT2D eigenvalue weighted by Gasteiger charge is -2.08. The van der Waals surface area contributed by atoms with E-state index in [1.54, 1.807) is 0 Å². The summed E-state index contributed by atoms with van der Waals surface area (Å²) < 4.78 is 11.2. The van der Waals surface area contributed by atoms with Crippen molar-refractivity contribution in [2.24, 2.45) is 0 Å². The number of hydrogen-bond acceptors (Lipinski definition) is 3. The standard InChI is InChI=1S/C16H27NO2/c1-3-11-17-12-6-5-7-13-19-16-10-8-9-15(14-16)18-4-2/h8-10,14,17H,3-7,11-13H2,1-2H3.